The summed E-state index contributed by atoms with van der Waals surface area (Å²) in [6.45, 7) is 6.30. The standard InChI is InChI=1S/C13H16N2/c1-9-5-4-6-10(2)13(9)7-12-8-14-11(3)15-12/h4-6,8H,7H2,1-3H3,(H,14,15). The Kier molecular flexibility index (Phi) is 2.58. The summed E-state index contributed by atoms with van der Waals surface area (Å²) in [7, 11) is 0. The van der Waals surface area contributed by atoms with E-state index in [9.17, 15) is 0 Å². The number of hydrogen-bond acceptors (Lipinski definition) is 1. The Morgan fingerprint density at radius 1 is 1.13 bits per heavy atom. The van der Waals surface area contributed by atoms with Crippen LogP contribution in [0.2, 0.25) is 0 Å². The van der Waals surface area contributed by atoms with Gasteiger partial charge in [-0.3, -0.25) is 0 Å². The average molecular weight is 200 g/mol. The quantitative estimate of drug-likeness (QED) is 0.793. The van der Waals surface area contributed by atoms with Gasteiger partial charge < -0.3 is 4.98 Å². The van der Waals surface area contributed by atoms with Crippen LogP contribution in [0.4, 0.5) is 0 Å². The molecule has 2 rings (SSSR count). The number of rotatable bonds is 2. The third-order valence-corrected chi connectivity index (χ3v) is 2.77. The topological polar surface area (TPSA) is 28.7 Å². The first-order valence-electron chi connectivity index (χ1n) is 5.22. The summed E-state index contributed by atoms with van der Waals surface area (Å²) in [4.78, 5) is 7.48. The highest BCUT2D eigenvalue weighted by atomic mass is 14.9. The van der Waals surface area contributed by atoms with Crippen molar-refractivity contribution in [1.82, 2.24) is 9.97 Å². The van der Waals surface area contributed by atoms with Gasteiger partial charge in [0.2, 0.25) is 0 Å². The Bertz CT molecular complexity index is 449. The summed E-state index contributed by atoms with van der Waals surface area (Å²) in [5.74, 6) is 0.983. The molecule has 78 valence electrons. The van der Waals surface area contributed by atoms with E-state index >= 15 is 0 Å². The minimum absolute atomic E-state index is 0.944. The molecule has 0 amide bonds. The third-order valence-electron chi connectivity index (χ3n) is 2.77. The Morgan fingerprint density at radius 2 is 1.80 bits per heavy atom. The summed E-state index contributed by atoms with van der Waals surface area (Å²) in [5, 5.41) is 0. The number of hydrogen-bond donors (Lipinski definition) is 1. The Morgan fingerprint density at radius 3 is 2.33 bits per heavy atom. The number of benzene rings is 1. The third kappa shape index (κ3) is 2.09. The molecule has 2 nitrogen and oxygen atoms in total. The SMILES string of the molecule is Cc1ncc(Cc2c(C)cccc2C)[nH]1. The van der Waals surface area contributed by atoms with Crippen LogP contribution in [0.15, 0.2) is 24.4 Å². The van der Waals surface area contributed by atoms with Gasteiger partial charge in [0.1, 0.15) is 5.82 Å². The molecule has 2 aromatic rings. The van der Waals surface area contributed by atoms with E-state index < -0.39 is 0 Å². The number of imidazole rings is 1. The molecule has 0 atom stereocenters. The van der Waals surface area contributed by atoms with Gasteiger partial charge >= 0.3 is 0 Å². The van der Waals surface area contributed by atoms with Crippen LogP contribution in [0.3, 0.4) is 0 Å². The molecule has 0 unspecified atom stereocenters. The fourth-order valence-electron chi connectivity index (χ4n) is 1.88. The maximum absolute atomic E-state index is 4.22. The van der Waals surface area contributed by atoms with Crippen molar-refractivity contribution in [3.05, 3.63) is 52.6 Å². The van der Waals surface area contributed by atoms with E-state index in [1.807, 2.05) is 13.1 Å². The number of aromatic nitrogens is 2. The van der Waals surface area contributed by atoms with E-state index in [2.05, 4.69) is 42.0 Å². The van der Waals surface area contributed by atoms with Crippen LogP contribution in [0.25, 0.3) is 0 Å². The Balaban J connectivity index is 2.31. The van der Waals surface area contributed by atoms with Gasteiger partial charge in [0, 0.05) is 18.3 Å². The molecule has 1 N–H and O–H groups in total. The van der Waals surface area contributed by atoms with E-state index in [4.69, 9.17) is 0 Å². The zero-order valence-corrected chi connectivity index (χ0v) is 9.46. The van der Waals surface area contributed by atoms with Crippen LogP contribution in [-0.2, 0) is 6.42 Å². The highest BCUT2D eigenvalue weighted by Gasteiger charge is 2.04. The highest BCUT2D eigenvalue weighted by molar-refractivity contribution is 5.36. The van der Waals surface area contributed by atoms with E-state index in [1.54, 1.807) is 0 Å². The molecule has 0 aliphatic heterocycles. The maximum atomic E-state index is 4.22. The fraction of sp³-hybridized carbons (Fsp3) is 0.308. The van der Waals surface area contributed by atoms with E-state index in [-0.39, 0.29) is 0 Å². The maximum Gasteiger partial charge on any atom is 0.103 e. The Labute approximate surface area is 90.4 Å². The lowest BCUT2D eigenvalue weighted by atomic mass is 9.99. The minimum atomic E-state index is 0.944. The van der Waals surface area contributed by atoms with Crippen LogP contribution in [-0.4, -0.2) is 9.97 Å². The highest BCUT2D eigenvalue weighted by Crippen LogP contribution is 2.16. The summed E-state index contributed by atoms with van der Waals surface area (Å²) in [6.07, 6.45) is 2.86. The molecule has 1 aromatic heterocycles. The first-order valence-corrected chi connectivity index (χ1v) is 5.22. The average Bonchev–Trinajstić information content (AvgIpc) is 2.58. The number of aryl methyl sites for hydroxylation is 3. The molecular formula is C13H16N2. The van der Waals surface area contributed by atoms with Crippen LogP contribution in [0.1, 0.15) is 28.2 Å². The molecule has 0 aliphatic carbocycles. The molecule has 0 radical (unpaired) electrons. The number of nitrogens with zero attached hydrogens (tertiary/aromatic N) is 1. The van der Waals surface area contributed by atoms with Crippen molar-refractivity contribution in [2.45, 2.75) is 27.2 Å². The van der Waals surface area contributed by atoms with Crippen molar-refractivity contribution in [1.29, 1.82) is 0 Å². The van der Waals surface area contributed by atoms with Crippen LogP contribution in [0.5, 0.6) is 0 Å². The number of H-pyrrole nitrogens is 1. The van der Waals surface area contributed by atoms with Gasteiger partial charge in [-0.05, 0) is 37.5 Å². The first-order chi connectivity index (χ1) is 7.16. The molecule has 0 saturated heterocycles. The summed E-state index contributed by atoms with van der Waals surface area (Å²) in [5.41, 5.74) is 5.29. The summed E-state index contributed by atoms with van der Waals surface area (Å²) < 4.78 is 0. The Hall–Kier alpha value is -1.57. The molecule has 0 saturated carbocycles. The summed E-state index contributed by atoms with van der Waals surface area (Å²) >= 11 is 0. The van der Waals surface area contributed by atoms with Gasteiger partial charge in [0.15, 0.2) is 0 Å². The molecule has 1 aromatic carbocycles. The van der Waals surface area contributed by atoms with E-state index in [0.717, 1.165) is 12.2 Å². The largest absolute Gasteiger partial charge is 0.346 e. The monoisotopic (exact) mass is 200 g/mol. The normalized spacial score (nSPS) is 10.6. The predicted molar refractivity (Wildman–Crippen MR) is 62.0 cm³/mol. The van der Waals surface area contributed by atoms with E-state index in [0.29, 0.717) is 0 Å². The predicted octanol–water partition coefficient (Wildman–Crippen LogP) is 2.93. The van der Waals surface area contributed by atoms with Gasteiger partial charge in [-0.2, -0.15) is 0 Å². The minimum Gasteiger partial charge on any atom is -0.346 e. The van der Waals surface area contributed by atoms with Crippen molar-refractivity contribution in [2.24, 2.45) is 0 Å². The smallest absolute Gasteiger partial charge is 0.103 e. The molecule has 0 bridgehead atoms. The number of nitrogens with one attached hydrogen (secondary N) is 1. The lowest BCUT2D eigenvalue weighted by Crippen LogP contribution is -1.95. The fourth-order valence-corrected chi connectivity index (χ4v) is 1.88. The zero-order valence-electron chi connectivity index (χ0n) is 9.46. The molecular weight excluding hydrogens is 184 g/mol. The molecule has 1 heterocycles. The van der Waals surface area contributed by atoms with Crippen molar-refractivity contribution < 1.29 is 0 Å². The zero-order chi connectivity index (χ0) is 10.8. The lowest BCUT2D eigenvalue weighted by Gasteiger charge is -2.07. The van der Waals surface area contributed by atoms with Gasteiger partial charge in [0.25, 0.3) is 0 Å². The van der Waals surface area contributed by atoms with Crippen LogP contribution in [0, 0.1) is 20.8 Å². The van der Waals surface area contributed by atoms with Crippen molar-refractivity contribution in [3.8, 4) is 0 Å². The summed E-state index contributed by atoms with van der Waals surface area (Å²) in [6, 6.07) is 6.42. The van der Waals surface area contributed by atoms with Gasteiger partial charge in [-0.25, -0.2) is 4.98 Å². The molecule has 0 aliphatic rings. The second kappa shape index (κ2) is 3.89. The number of aromatic amines is 1. The molecule has 0 fully saturated rings. The van der Waals surface area contributed by atoms with Crippen LogP contribution >= 0.6 is 0 Å². The van der Waals surface area contributed by atoms with Crippen molar-refractivity contribution in [3.63, 3.8) is 0 Å². The van der Waals surface area contributed by atoms with Gasteiger partial charge in [-0.15, -0.1) is 0 Å². The van der Waals surface area contributed by atoms with Crippen LogP contribution < -0.4 is 0 Å². The lowest BCUT2D eigenvalue weighted by molar-refractivity contribution is 1.04. The second-order valence-corrected chi connectivity index (χ2v) is 4.04. The second-order valence-electron chi connectivity index (χ2n) is 4.04. The molecule has 0 spiro atoms. The first kappa shape index (κ1) is 9.97. The molecule has 15 heavy (non-hydrogen) atoms. The van der Waals surface area contributed by atoms with E-state index in [1.165, 1.54) is 22.4 Å². The van der Waals surface area contributed by atoms with Gasteiger partial charge in [-0.1, -0.05) is 18.2 Å². The van der Waals surface area contributed by atoms with Gasteiger partial charge in [0.05, 0.1) is 0 Å². The van der Waals surface area contributed by atoms with Crippen molar-refractivity contribution >= 4 is 0 Å². The van der Waals surface area contributed by atoms with Crippen molar-refractivity contribution in [2.75, 3.05) is 0 Å². The molecule has 2 heteroatoms.